The van der Waals surface area contributed by atoms with Crippen molar-refractivity contribution in [3.63, 3.8) is 0 Å². The molecule has 0 saturated carbocycles. The number of fused-ring (bicyclic) bond motifs is 1. The first-order valence-corrected chi connectivity index (χ1v) is 7.58. The van der Waals surface area contributed by atoms with Crippen molar-refractivity contribution in [3.05, 3.63) is 17.7 Å². The summed E-state index contributed by atoms with van der Waals surface area (Å²) in [6.07, 6.45) is 2.55. The van der Waals surface area contributed by atoms with Crippen molar-refractivity contribution in [3.8, 4) is 11.5 Å². The summed E-state index contributed by atoms with van der Waals surface area (Å²) >= 11 is 0. The molecule has 0 aromatic heterocycles. The number of nitrogens with one attached hydrogen (secondary N) is 1. The molecule has 1 heterocycles. The lowest BCUT2D eigenvalue weighted by Gasteiger charge is -2.16. The first kappa shape index (κ1) is 18.6. The van der Waals surface area contributed by atoms with Crippen molar-refractivity contribution in [2.75, 3.05) is 11.9 Å². The van der Waals surface area contributed by atoms with Crippen molar-refractivity contribution >= 4 is 24.0 Å². The molecule has 6 heteroatoms. The van der Waals surface area contributed by atoms with Gasteiger partial charge in [0, 0.05) is 18.1 Å². The van der Waals surface area contributed by atoms with Gasteiger partial charge in [0.2, 0.25) is 5.91 Å². The smallest absolute Gasteiger partial charge is 0.241 e. The molecular formula is C16H25ClN2O3. The summed E-state index contributed by atoms with van der Waals surface area (Å²) in [7, 11) is 0. The van der Waals surface area contributed by atoms with E-state index in [1.165, 1.54) is 0 Å². The molecule has 0 fully saturated rings. The predicted molar refractivity (Wildman–Crippen MR) is 90.2 cm³/mol. The van der Waals surface area contributed by atoms with E-state index >= 15 is 0 Å². The molecule has 0 aliphatic carbocycles. The van der Waals surface area contributed by atoms with Crippen LogP contribution in [0.3, 0.4) is 0 Å². The van der Waals surface area contributed by atoms with E-state index in [-0.39, 0.29) is 24.4 Å². The molecular weight excluding hydrogens is 304 g/mol. The third kappa shape index (κ3) is 4.27. The van der Waals surface area contributed by atoms with Gasteiger partial charge in [-0.1, -0.05) is 13.3 Å². The van der Waals surface area contributed by atoms with Crippen LogP contribution in [0.4, 0.5) is 5.69 Å². The zero-order chi connectivity index (χ0) is 15.4. The maximum absolute atomic E-state index is 12.1. The fourth-order valence-corrected chi connectivity index (χ4v) is 2.48. The van der Waals surface area contributed by atoms with Crippen LogP contribution in [-0.2, 0) is 11.2 Å². The van der Waals surface area contributed by atoms with E-state index < -0.39 is 6.04 Å². The van der Waals surface area contributed by atoms with Gasteiger partial charge in [0.15, 0.2) is 0 Å². The van der Waals surface area contributed by atoms with E-state index in [2.05, 4.69) is 5.32 Å². The summed E-state index contributed by atoms with van der Waals surface area (Å²) < 4.78 is 11.4. The first-order valence-electron chi connectivity index (χ1n) is 7.58. The number of amides is 1. The quantitative estimate of drug-likeness (QED) is 0.842. The molecule has 1 aliphatic rings. The largest absolute Gasteiger partial charge is 0.492 e. The molecule has 3 N–H and O–H groups in total. The molecule has 1 aliphatic heterocycles. The fraction of sp³-hybridized carbons (Fsp3) is 0.562. The molecule has 0 radical (unpaired) electrons. The average Bonchev–Trinajstić information content (AvgIpc) is 2.78. The van der Waals surface area contributed by atoms with Crippen molar-refractivity contribution in [2.24, 2.45) is 5.73 Å². The molecule has 2 rings (SSSR count). The monoisotopic (exact) mass is 328 g/mol. The summed E-state index contributed by atoms with van der Waals surface area (Å²) in [5.74, 6) is 1.29. The Labute approximate surface area is 138 Å². The minimum atomic E-state index is -0.502. The predicted octanol–water partition coefficient (Wildman–Crippen LogP) is 2.90. The number of benzene rings is 1. The number of hydrogen-bond acceptors (Lipinski definition) is 4. The lowest BCUT2D eigenvalue weighted by molar-refractivity contribution is -0.117. The minimum Gasteiger partial charge on any atom is -0.492 e. The lowest BCUT2D eigenvalue weighted by Crippen LogP contribution is -2.35. The molecule has 0 bridgehead atoms. The van der Waals surface area contributed by atoms with Crippen LogP contribution < -0.4 is 20.5 Å². The average molecular weight is 329 g/mol. The van der Waals surface area contributed by atoms with Gasteiger partial charge in [-0.2, -0.15) is 0 Å². The molecule has 22 heavy (non-hydrogen) atoms. The topological polar surface area (TPSA) is 73.6 Å². The first-order chi connectivity index (χ1) is 10.0. The van der Waals surface area contributed by atoms with E-state index in [0.717, 1.165) is 24.2 Å². The SMILES string of the molecule is CCCC(N)C(=O)Nc1cc2c(cc1OCC)CC(C)O2.Cl. The number of anilines is 1. The summed E-state index contributed by atoms with van der Waals surface area (Å²) in [6.45, 7) is 6.49. The Hall–Kier alpha value is -1.46. The van der Waals surface area contributed by atoms with Crippen LogP contribution >= 0.6 is 12.4 Å². The van der Waals surface area contributed by atoms with Gasteiger partial charge < -0.3 is 20.5 Å². The highest BCUT2D eigenvalue weighted by molar-refractivity contribution is 5.96. The van der Waals surface area contributed by atoms with Crippen LogP contribution in [0.5, 0.6) is 11.5 Å². The van der Waals surface area contributed by atoms with E-state index in [9.17, 15) is 4.79 Å². The standard InChI is InChI=1S/C16H24N2O3.ClH/c1-4-6-12(17)16(19)18-13-9-14-11(7-10(3)21-14)8-15(13)20-5-2;/h8-10,12H,4-7,17H2,1-3H3,(H,18,19);1H. The Morgan fingerprint density at radius 3 is 2.86 bits per heavy atom. The molecule has 0 saturated heterocycles. The van der Waals surface area contributed by atoms with Gasteiger partial charge in [-0.05, 0) is 26.3 Å². The summed E-state index contributed by atoms with van der Waals surface area (Å²) in [5, 5.41) is 2.86. The number of halogens is 1. The highest BCUT2D eigenvalue weighted by atomic mass is 35.5. The van der Waals surface area contributed by atoms with Crippen molar-refractivity contribution in [1.29, 1.82) is 0 Å². The fourth-order valence-electron chi connectivity index (χ4n) is 2.48. The van der Waals surface area contributed by atoms with E-state index in [0.29, 0.717) is 24.5 Å². The highest BCUT2D eigenvalue weighted by Gasteiger charge is 2.23. The Morgan fingerprint density at radius 1 is 1.50 bits per heavy atom. The molecule has 124 valence electrons. The second-order valence-electron chi connectivity index (χ2n) is 5.41. The molecule has 1 amide bonds. The number of hydrogen-bond donors (Lipinski definition) is 2. The Morgan fingerprint density at radius 2 is 2.23 bits per heavy atom. The van der Waals surface area contributed by atoms with Gasteiger partial charge in [0.05, 0.1) is 18.3 Å². The Kier molecular flexibility index (Phi) is 6.97. The zero-order valence-electron chi connectivity index (χ0n) is 13.3. The lowest BCUT2D eigenvalue weighted by atomic mass is 10.1. The van der Waals surface area contributed by atoms with Crippen LogP contribution in [0.15, 0.2) is 12.1 Å². The number of ether oxygens (including phenoxy) is 2. The number of nitrogens with two attached hydrogens (primary N) is 1. The molecule has 5 nitrogen and oxygen atoms in total. The van der Waals surface area contributed by atoms with E-state index in [1.54, 1.807) is 0 Å². The Balaban J connectivity index is 0.00000242. The maximum Gasteiger partial charge on any atom is 0.241 e. The normalized spacial score (nSPS) is 17.0. The van der Waals surface area contributed by atoms with Gasteiger partial charge in [-0.25, -0.2) is 0 Å². The van der Waals surface area contributed by atoms with Crippen LogP contribution in [0.2, 0.25) is 0 Å². The van der Waals surface area contributed by atoms with Crippen LogP contribution in [0.1, 0.15) is 39.2 Å². The van der Waals surface area contributed by atoms with Crippen LogP contribution in [-0.4, -0.2) is 24.7 Å². The Bertz CT molecular complexity index is 522. The van der Waals surface area contributed by atoms with E-state index in [4.69, 9.17) is 15.2 Å². The van der Waals surface area contributed by atoms with Crippen molar-refractivity contribution in [2.45, 2.75) is 52.2 Å². The van der Waals surface area contributed by atoms with Gasteiger partial charge in [0.1, 0.15) is 17.6 Å². The van der Waals surface area contributed by atoms with Gasteiger partial charge in [-0.15, -0.1) is 12.4 Å². The number of carbonyl (C=O) groups excluding carboxylic acids is 1. The van der Waals surface area contributed by atoms with Crippen LogP contribution in [0, 0.1) is 0 Å². The van der Waals surface area contributed by atoms with E-state index in [1.807, 2.05) is 32.9 Å². The number of rotatable bonds is 6. The summed E-state index contributed by atoms with van der Waals surface area (Å²) in [4.78, 5) is 12.1. The third-order valence-corrected chi connectivity index (χ3v) is 3.49. The van der Waals surface area contributed by atoms with Crippen molar-refractivity contribution in [1.82, 2.24) is 0 Å². The maximum atomic E-state index is 12.1. The van der Waals surface area contributed by atoms with Gasteiger partial charge >= 0.3 is 0 Å². The molecule has 1 aromatic rings. The van der Waals surface area contributed by atoms with Crippen LogP contribution in [0.25, 0.3) is 0 Å². The second-order valence-corrected chi connectivity index (χ2v) is 5.41. The second kappa shape index (κ2) is 8.25. The van der Waals surface area contributed by atoms with Gasteiger partial charge in [-0.3, -0.25) is 4.79 Å². The van der Waals surface area contributed by atoms with Gasteiger partial charge in [0.25, 0.3) is 0 Å². The molecule has 0 spiro atoms. The third-order valence-electron chi connectivity index (χ3n) is 3.49. The molecule has 2 atom stereocenters. The summed E-state index contributed by atoms with van der Waals surface area (Å²) in [6, 6.07) is 3.28. The molecule has 1 aromatic carbocycles. The minimum absolute atomic E-state index is 0. The zero-order valence-corrected chi connectivity index (χ0v) is 14.2. The number of carbonyl (C=O) groups is 1. The summed E-state index contributed by atoms with van der Waals surface area (Å²) in [5.41, 5.74) is 7.59. The highest BCUT2D eigenvalue weighted by Crippen LogP contribution is 2.38. The van der Waals surface area contributed by atoms with Crippen molar-refractivity contribution < 1.29 is 14.3 Å². The molecule has 2 unspecified atom stereocenters.